The molecule has 104 valence electrons. The molecule has 3 rings (SSSR count). The van der Waals surface area contributed by atoms with Gasteiger partial charge in [0.25, 0.3) is 0 Å². The lowest BCUT2D eigenvalue weighted by Gasteiger charge is -2.26. The van der Waals surface area contributed by atoms with Crippen LogP contribution in [0, 0.1) is 0 Å². The van der Waals surface area contributed by atoms with Crippen LogP contribution in [0.5, 0.6) is 5.75 Å². The lowest BCUT2D eigenvalue weighted by molar-refractivity contribution is 0.474. The molecule has 0 amide bonds. The van der Waals surface area contributed by atoms with Crippen molar-refractivity contribution < 1.29 is 5.11 Å². The SMILES string of the molecule is C[C@@H]1CN(Cc2cccc(O)c2)c2ccccc2CN1. The predicted octanol–water partition coefficient (Wildman–Crippen LogP) is 2.89. The molecule has 0 aliphatic carbocycles. The number of benzene rings is 2. The minimum atomic E-state index is 0.330. The summed E-state index contributed by atoms with van der Waals surface area (Å²) in [5.41, 5.74) is 3.75. The predicted molar refractivity (Wildman–Crippen MR) is 81.9 cm³/mol. The number of hydrogen-bond acceptors (Lipinski definition) is 3. The van der Waals surface area contributed by atoms with Crippen LogP contribution in [0.4, 0.5) is 5.69 Å². The average molecular weight is 268 g/mol. The monoisotopic (exact) mass is 268 g/mol. The van der Waals surface area contributed by atoms with E-state index in [0.717, 1.165) is 25.2 Å². The number of para-hydroxylation sites is 1. The largest absolute Gasteiger partial charge is 0.508 e. The molecule has 0 saturated heterocycles. The van der Waals surface area contributed by atoms with Crippen LogP contribution in [0.1, 0.15) is 18.1 Å². The molecule has 0 radical (unpaired) electrons. The third-order valence-electron chi connectivity index (χ3n) is 3.75. The van der Waals surface area contributed by atoms with Crippen molar-refractivity contribution in [1.29, 1.82) is 0 Å². The van der Waals surface area contributed by atoms with E-state index >= 15 is 0 Å². The second-order valence-corrected chi connectivity index (χ2v) is 5.46. The van der Waals surface area contributed by atoms with Gasteiger partial charge in [0.2, 0.25) is 0 Å². The first-order valence-corrected chi connectivity index (χ1v) is 7.06. The molecule has 0 fully saturated rings. The van der Waals surface area contributed by atoms with Crippen molar-refractivity contribution in [3.05, 3.63) is 59.7 Å². The number of nitrogens with one attached hydrogen (secondary N) is 1. The average Bonchev–Trinajstić information content (AvgIpc) is 2.59. The van der Waals surface area contributed by atoms with Gasteiger partial charge in [-0.1, -0.05) is 30.3 Å². The lowest BCUT2D eigenvalue weighted by Crippen LogP contribution is -2.35. The topological polar surface area (TPSA) is 35.5 Å². The third-order valence-corrected chi connectivity index (χ3v) is 3.75. The van der Waals surface area contributed by atoms with Gasteiger partial charge in [0.05, 0.1) is 0 Å². The smallest absolute Gasteiger partial charge is 0.115 e. The van der Waals surface area contributed by atoms with Gasteiger partial charge in [-0.05, 0) is 36.2 Å². The van der Waals surface area contributed by atoms with E-state index < -0.39 is 0 Å². The van der Waals surface area contributed by atoms with Crippen molar-refractivity contribution in [1.82, 2.24) is 5.32 Å². The van der Waals surface area contributed by atoms with Crippen LogP contribution in [0.2, 0.25) is 0 Å². The number of phenolic OH excluding ortho intramolecular Hbond substituents is 1. The van der Waals surface area contributed by atoms with E-state index in [4.69, 9.17) is 0 Å². The van der Waals surface area contributed by atoms with Crippen molar-refractivity contribution in [3.8, 4) is 5.75 Å². The standard InChI is InChI=1S/C17H20N2O/c1-13-11-19(12-14-5-4-7-16(20)9-14)17-8-3-2-6-15(17)10-18-13/h2-9,13,18,20H,10-12H2,1H3/t13-/m1/s1. The van der Waals surface area contributed by atoms with Gasteiger partial charge in [0, 0.05) is 31.4 Å². The quantitative estimate of drug-likeness (QED) is 0.879. The molecule has 2 aromatic carbocycles. The molecule has 3 heteroatoms. The summed E-state index contributed by atoms with van der Waals surface area (Å²) in [7, 11) is 0. The Morgan fingerprint density at radius 2 is 2.05 bits per heavy atom. The van der Waals surface area contributed by atoms with Gasteiger partial charge in [0.1, 0.15) is 5.75 Å². The fraction of sp³-hybridized carbons (Fsp3) is 0.294. The zero-order valence-electron chi connectivity index (χ0n) is 11.7. The zero-order chi connectivity index (χ0) is 13.9. The van der Waals surface area contributed by atoms with E-state index in [-0.39, 0.29) is 0 Å². The minimum Gasteiger partial charge on any atom is -0.508 e. The number of aromatic hydroxyl groups is 1. The molecule has 0 unspecified atom stereocenters. The number of rotatable bonds is 2. The number of phenols is 1. The number of hydrogen-bond donors (Lipinski definition) is 2. The molecule has 2 aromatic rings. The van der Waals surface area contributed by atoms with Gasteiger partial charge in [-0.3, -0.25) is 0 Å². The summed E-state index contributed by atoms with van der Waals surface area (Å²) in [6, 6.07) is 16.5. The third kappa shape index (κ3) is 2.78. The van der Waals surface area contributed by atoms with Crippen molar-refractivity contribution in [3.63, 3.8) is 0 Å². The summed E-state index contributed by atoms with van der Waals surface area (Å²) < 4.78 is 0. The molecule has 1 aliphatic heterocycles. The van der Waals surface area contributed by atoms with Gasteiger partial charge in [-0.25, -0.2) is 0 Å². The van der Waals surface area contributed by atoms with Crippen LogP contribution in [0.3, 0.4) is 0 Å². The van der Waals surface area contributed by atoms with E-state index in [1.165, 1.54) is 11.3 Å². The summed E-state index contributed by atoms with van der Waals surface area (Å²) in [6.45, 7) is 4.90. The van der Waals surface area contributed by atoms with E-state index in [9.17, 15) is 5.11 Å². The maximum atomic E-state index is 9.61. The summed E-state index contributed by atoms with van der Waals surface area (Å²) in [4.78, 5) is 2.38. The molecule has 0 saturated carbocycles. The molecule has 3 nitrogen and oxygen atoms in total. The van der Waals surface area contributed by atoms with Crippen molar-refractivity contribution in [2.75, 3.05) is 11.4 Å². The van der Waals surface area contributed by atoms with Crippen LogP contribution in [0.25, 0.3) is 0 Å². The zero-order valence-corrected chi connectivity index (χ0v) is 11.7. The molecule has 1 atom stereocenters. The van der Waals surface area contributed by atoms with Crippen molar-refractivity contribution in [2.24, 2.45) is 0 Å². The van der Waals surface area contributed by atoms with Gasteiger partial charge in [0.15, 0.2) is 0 Å². The molecule has 1 aliphatic rings. The second kappa shape index (κ2) is 5.55. The summed E-state index contributed by atoms with van der Waals surface area (Å²) in [6.07, 6.45) is 0. The molecule has 1 heterocycles. The Labute approximate surface area is 119 Å². The van der Waals surface area contributed by atoms with Crippen molar-refractivity contribution in [2.45, 2.75) is 26.1 Å². The Kier molecular flexibility index (Phi) is 3.61. The van der Waals surface area contributed by atoms with Crippen LogP contribution in [-0.4, -0.2) is 17.7 Å². The Balaban J connectivity index is 1.90. The number of nitrogens with zero attached hydrogens (tertiary/aromatic N) is 1. The molecular formula is C17H20N2O. The molecule has 0 bridgehead atoms. The van der Waals surface area contributed by atoms with Gasteiger partial charge in [-0.2, -0.15) is 0 Å². The van der Waals surface area contributed by atoms with Gasteiger partial charge in [-0.15, -0.1) is 0 Å². The Hall–Kier alpha value is -2.00. The maximum absolute atomic E-state index is 9.61. The first-order chi connectivity index (χ1) is 9.72. The number of fused-ring (bicyclic) bond motifs is 1. The summed E-state index contributed by atoms with van der Waals surface area (Å²) in [5.74, 6) is 0.330. The van der Waals surface area contributed by atoms with E-state index in [1.54, 1.807) is 6.07 Å². The molecular weight excluding hydrogens is 248 g/mol. The molecule has 20 heavy (non-hydrogen) atoms. The second-order valence-electron chi connectivity index (χ2n) is 5.46. The van der Waals surface area contributed by atoms with Crippen molar-refractivity contribution >= 4 is 5.69 Å². The highest BCUT2D eigenvalue weighted by Crippen LogP contribution is 2.25. The Morgan fingerprint density at radius 3 is 2.90 bits per heavy atom. The fourth-order valence-corrected chi connectivity index (χ4v) is 2.77. The van der Waals surface area contributed by atoms with Crippen LogP contribution in [0.15, 0.2) is 48.5 Å². The van der Waals surface area contributed by atoms with E-state index in [2.05, 4.69) is 47.5 Å². The highest BCUT2D eigenvalue weighted by Gasteiger charge is 2.18. The molecule has 2 N–H and O–H groups in total. The maximum Gasteiger partial charge on any atom is 0.115 e. The highest BCUT2D eigenvalue weighted by molar-refractivity contribution is 5.55. The van der Waals surface area contributed by atoms with E-state index in [0.29, 0.717) is 11.8 Å². The van der Waals surface area contributed by atoms with Crippen LogP contribution in [-0.2, 0) is 13.1 Å². The van der Waals surface area contributed by atoms with Crippen LogP contribution >= 0.6 is 0 Å². The van der Waals surface area contributed by atoms with Gasteiger partial charge >= 0.3 is 0 Å². The summed E-state index contributed by atoms with van der Waals surface area (Å²) in [5, 5.41) is 13.2. The minimum absolute atomic E-state index is 0.330. The first-order valence-electron chi connectivity index (χ1n) is 7.06. The number of anilines is 1. The molecule has 0 aromatic heterocycles. The molecule has 0 spiro atoms. The normalized spacial score (nSPS) is 18.4. The first kappa shape index (κ1) is 13.0. The fourth-order valence-electron chi connectivity index (χ4n) is 2.77. The van der Waals surface area contributed by atoms with Crippen LogP contribution < -0.4 is 10.2 Å². The Bertz CT molecular complexity index is 597. The van der Waals surface area contributed by atoms with Gasteiger partial charge < -0.3 is 15.3 Å². The highest BCUT2D eigenvalue weighted by atomic mass is 16.3. The summed E-state index contributed by atoms with van der Waals surface area (Å²) >= 11 is 0. The van der Waals surface area contributed by atoms with E-state index in [1.807, 2.05) is 12.1 Å². The lowest BCUT2D eigenvalue weighted by atomic mass is 10.1. The Morgan fingerprint density at radius 1 is 1.20 bits per heavy atom.